The molecule has 0 amide bonds. The highest BCUT2D eigenvalue weighted by Crippen LogP contribution is 2.36. The van der Waals surface area contributed by atoms with Gasteiger partial charge in [-0.1, -0.05) is 12.1 Å². The molecule has 1 heterocycles. The van der Waals surface area contributed by atoms with E-state index in [0.29, 0.717) is 0 Å². The number of ether oxygens (including phenoxy) is 1. The minimum Gasteiger partial charge on any atom is -0.497 e. The molecule has 2 aromatic carbocycles. The molecule has 3 rings (SSSR count). The van der Waals surface area contributed by atoms with Gasteiger partial charge in [-0.2, -0.15) is 0 Å². The van der Waals surface area contributed by atoms with Gasteiger partial charge < -0.3 is 10.1 Å². The van der Waals surface area contributed by atoms with Crippen LogP contribution in [0.2, 0.25) is 0 Å². The van der Waals surface area contributed by atoms with Gasteiger partial charge in [0.15, 0.2) is 0 Å². The van der Waals surface area contributed by atoms with Crippen molar-refractivity contribution >= 4 is 11.8 Å². The van der Waals surface area contributed by atoms with Crippen LogP contribution >= 0.6 is 11.8 Å². The van der Waals surface area contributed by atoms with E-state index in [1.807, 2.05) is 18.2 Å². The van der Waals surface area contributed by atoms with E-state index in [4.69, 9.17) is 4.74 Å². The summed E-state index contributed by atoms with van der Waals surface area (Å²) in [4.78, 5) is 1.19. The number of thioether (sulfide) groups is 1. The van der Waals surface area contributed by atoms with Crippen molar-refractivity contribution in [2.45, 2.75) is 23.9 Å². The van der Waals surface area contributed by atoms with Crippen LogP contribution in [0.1, 0.15) is 23.6 Å². The molecular weight excluding hydrogens is 285 g/mol. The molecule has 1 N–H and O–H groups in total. The Balaban J connectivity index is 1.70. The molecular formula is C17H18FNOS. The molecule has 0 spiro atoms. The minimum absolute atomic E-state index is 0.160. The minimum atomic E-state index is -0.160. The van der Waals surface area contributed by atoms with Crippen LogP contribution < -0.4 is 10.1 Å². The van der Waals surface area contributed by atoms with Crippen molar-refractivity contribution in [2.24, 2.45) is 0 Å². The van der Waals surface area contributed by atoms with Crippen molar-refractivity contribution in [2.75, 3.05) is 12.9 Å². The highest BCUT2D eigenvalue weighted by molar-refractivity contribution is 7.99. The zero-order valence-corrected chi connectivity index (χ0v) is 12.8. The summed E-state index contributed by atoms with van der Waals surface area (Å²) in [7, 11) is 1.67. The molecule has 1 unspecified atom stereocenters. The predicted octanol–water partition coefficient (Wildman–Crippen LogP) is 4.16. The lowest BCUT2D eigenvalue weighted by Crippen LogP contribution is -2.24. The molecule has 0 saturated carbocycles. The van der Waals surface area contributed by atoms with Crippen molar-refractivity contribution < 1.29 is 9.13 Å². The first-order valence-corrected chi connectivity index (χ1v) is 8.03. The van der Waals surface area contributed by atoms with E-state index in [9.17, 15) is 4.39 Å². The van der Waals surface area contributed by atoms with E-state index in [-0.39, 0.29) is 11.9 Å². The van der Waals surface area contributed by atoms with Crippen molar-refractivity contribution in [3.63, 3.8) is 0 Å². The zero-order valence-electron chi connectivity index (χ0n) is 11.9. The summed E-state index contributed by atoms with van der Waals surface area (Å²) < 4.78 is 18.6. The average molecular weight is 303 g/mol. The van der Waals surface area contributed by atoms with Gasteiger partial charge in [-0.15, -0.1) is 11.8 Å². The van der Waals surface area contributed by atoms with E-state index in [2.05, 4.69) is 17.4 Å². The third-order valence-electron chi connectivity index (χ3n) is 3.72. The second-order valence-electron chi connectivity index (χ2n) is 5.10. The maximum absolute atomic E-state index is 13.5. The topological polar surface area (TPSA) is 21.3 Å². The Kier molecular flexibility index (Phi) is 4.46. The first kappa shape index (κ1) is 14.4. The van der Waals surface area contributed by atoms with Crippen LogP contribution in [0.15, 0.2) is 47.4 Å². The second-order valence-corrected chi connectivity index (χ2v) is 6.24. The Morgan fingerprint density at radius 3 is 2.81 bits per heavy atom. The zero-order chi connectivity index (χ0) is 14.7. The quantitative estimate of drug-likeness (QED) is 0.916. The van der Waals surface area contributed by atoms with Gasteiger partial charge in [0.1, 0.15) is 11.6 Å². The molecule has 2 nitrogen and oxygen atoms in total. The Hall–Kier alpha value is -1.52. The Morgan fingerprint density at radius 2 is 2.05 bits per heavy atom. The smallest absolute Gasteiger partial charge is 0.123 e. The van der Waals surface area contributed by atoms with Crippen LogP contribution in [0.4, 0.5) is 4.39 Å². The summed E-state index contributed by atoms with van der Waals surface area (Å²) >= 11 is 1.80. The fourth-order valence-corrected chi connectivity index (χ4v) is 3.67. The van der Waals surface area contributed by atoms with Gasteiger partial charge in [-0.3, -0.25) is 0 Å². The summed E-state index contributed by atoms with van der Waals surface area (Å²) in [6.07, 6.45) is 1.03. The highest BCUT2D eigenvalue weighted by Gasteiger charge is 2.20. The molecule has 1 aliphatic heterocycles. The second kappa shape index (κ2) is 6.50. The summed E-state index contributed by atoms with van der Waals surface area (Å²) in [5.41, 5.74) is 2.28. The van der Waals surface area contributed by atoms with Crippen LogP contribution in [0.3, 0.4) is 0 Å². The van der Waals surface area contributed by atoms with Crippen LogP contribution in [-0.2, 0) is 6.54 Å². The molecule has 110 valence electrons. The van der Waals surface area contributed by atoms with Crippen LogP contribution in [0.5, 0.6) is 5.75 Å². The van der Waals surface area contributed by atoms with Gasteiger partial charge >= 0.3 is 0 Å². The highest BCUT2D eigenvalue weighted by atomic mass is 32.2. The predicted molar refractivity (Wildman–Crippen MR) is 84.3 cm³/mol. The molecule has 0 fully saturated rings. The van der Waals surface area contributed by atoms with Crippen molar-refractivity contribution in [1.82, 2.24) is 5.32 Å². The lowest BCUT2D eigenvalue weighted by molar-refractivity contribution is 0.414. The van der Waals surface area contributed by atoms with Crippen molar-refractivity contribution in [3.8, 4) is 5.75 Å². The molecule has 2 aromatic rings. The van der Waals surface area contributed by atoms with Gasteiger partial charge in [-0.25, -0.2) is 4.39 Å². The van der Waals surface area contributed by atoms with Crippen molar-refractivity contribution in [1.29, 1.82) is 0 Å². The Labute approximate surface area is 128 Å². The lowest BCUT2D eigenvalue weighted by Gasteiger charge is -2.26. The van der Waals surface area contributed by atoms with E-state index >= 15 is 0 Å². The summed E-state index contributed by atoms with van der Waals surface area (Å²) in [5.74, 6) is 1.77. The van der Waals surface area contributed by atoms with Gasteiger partial charge in [0.25, 0.3) is 0 Å². The fraction of sp³-hybridized carbons (Fsp3) is 0.294. The summed E-state index contributed by atoms with van der Waals surface area (Å²) in [5, 5.41) is 3.54. The normalized spacial score (nSPS) is 17.3. The van der Waals surface area contributed by atoms with Gasteiger partial charge in [0.05, 0.1) is 7.11 Å². The van der Waals surface area contributed by atoms with Gasteiger partial charge in [-0.05, 0) is 53.6 Å². The number of hydrogen-bond donors (Lipinski definition) is 1. The molecule has 21 heavy (non-hydrogen) atoms. The Bertz CT molecular complexity index is 615. The number of hydrogen-bond acceptors (Lipinski definition) is 3. The fourth-order valence-electron chi connectivity index (χ4n) is 2.56. The first-order chi connectivity index (χ1) is 10.3. The third-order valence-corrected chi connectivity index (χ3v) is 4.85. The van der Waals surface area contributed by atoms with Crippen LogP contribution in [0, 0.1) is 5.82 Å². The molecule has 0 saturated heterocycles. The maximum Gasteiger partial charge on any atom is 0.123 e. The van der Waals surface area contributed by atoms with Crippen molar-refractivity contribution in [3.05, 3.63) is 59.4 Å². The van der Waals surface area contributed by atoms with E-state index in [1.165, 1.54) is 16.5 Å². The number of methoxy groups -OCH3 is 1. The summed E-state index contributed by atoms with van der Waals surface area (Å²) in [6.45, 7) is 0.773. The number of rotatable bonds is 4. The standard InChI is InChI=1S/C17H18FNOS/c1-20-14-5-2-12(3-6-14)11-19-16-8-9-21-17-7-4-13(18)10-15(16)17/h2-7,10,16,19H,8-9,11H2,1H3. The van der Waals surface area contributed by atoms with Crippen LogP contribution in [-0.4, -0.2) is 12.9 Å². The van der Waals surface area contributed by atoms with Gasteiger partial charge in [0, 0.05) is 17.5 Å². The van der Waals surface area contributed by atoms with Crippen LogP contribution in [0.25, 0.3) is 0 Å². The third kappa shape index (κ3) is 3.39. The maximum atomic E-state index is 13.5. The lowest BCUT2D eigenvalue weighted by atomic mass is 10.0. The van der Waals surface area contributed by atoms with Gasteiger partial charge in [0.2, 0.25) is 0 Å². The largest absolute Gasteiger partial charge is 0.497 e. The molecule has 0 aliphatic carbocycles. The first-order valence-electron chi connectivity index (χ1n) is 7.05. The number of fused-ring (bicyclic) bond motifs is 1. The molecule has 1 aliphatic rings. The number of halogens is 1. The molecule has 0 aromatic heterocycles. The van der Waals surface area contributed by atoms with E-state index in [1.54, 1.807) is 24.9 Å². The molecule has 1 atom stereocenters. The number of nitrogens with one attached hydrogen (secondary N) is 1. The van der Waals surface area contributed by atoms with E-state index in [0.717, 1.165) is 30.0 Å². The SMILES string of the molecule is COc1ccc(CNC2CCSc3ccc(F)cc32)cc1. The van der Waals surface area contributed by atoms with E-state index < -0.39 is 0 Å². The summed E-state index contributed by atoms with van der Waals surface area (Å²) in [6, 6.07) is 13.3. The monoisotopic (exact) mass is 303 g/mol. The number of benzene rings is 2. The average Bonchev–Trinajstić information content (AvgIpc) is 2.53. The Morgan fingerprint density at radius 1 is 1.24 bits per heavy atom. The molecule has 4 heteroatoms. The molecule has 0 radical (unpaired) electrons. The molecule has 0 bridgehead atoms.